The van der Waals surface area contributed by atoms with E-state index in [0.717, 1.165) is 0 Å². The van der Waals surface area contributed by atoms with Crippen LogP contribution in [0.3, 0.4) is 0 Å². The lowest BCUT2D eigenvalue weighted by atomic mass is 9.91. The number of amides is 2. The van der Waals surface area contributed by atoms with Crippen molar-refractivity contribution in [1.82, 2.24) is 25.2 Å². The summed E-state index contributed by atoms with van der Waals surface area (Å²) < 4.78 is 6.79. The van der Waals surface area contributed by atoms with Crippen LogP contribution >= 0.6 is 0 Å². The first-order chi connectivity index (χ1) is 11.1. The molecule has 0 atom stereocenters. The second-order valence-electron chi connectivity index (χ2n) is 7.07. The van der Waals surface area contributed by atoms with Crippen molar-refractivity contribution >= 4 is 12.0 Å². The minimum Gasteiger partial charge on any atom is -0.444 e. The van der Waals surface area contributed by atoms with Crippen molar-refractivity contribution in [2.24, 2.45) is 0 Å². The SMILES string of the molecule is CNC(=O)c1cn(CC2(O)CCN(C(=O)OC(C)(C)C)CC2)nn1. The van der Waals surface area contributed by atoms with Gasteiger partial charge in [-0.25, -0.2) is 9.48 Å². The molecule has 134 valence electrons. The van der Waals surface area contributed by atoms with Crippen molar-refractivity contribution < 1.29 is 19.4 Å². The summed E-state index contributed by atoms with van der Waals surface area (Å²) in [6.45, 7) is 6.49. The van der Waals surface area contributed by atoms with Gasteiger partial charge in [0.2, 0.25) is 0 Å². The quantitative estimate of drug-likeness (QED) is 0.825. The Hall–Kier alpha value is -2.16. The molecule has 24 heavy (non-hydrogen) atoms. The summed E-state index contributed by atoms with van der Waals surface area (Å²) in [5, 5.41) is 20.8. The first-order valence-electron chi connectivity index (χ1n) is 7.94. The molecule has 9 nitrogen and oxygen atoms in total. The predicted molar refractivity (Wildman–Crippen MR) is 85.4 cm³/mol. The Morgan fingerprint density at radius 2 is 2.00 bits per heavy atom. The number of ether oxygens (including phenoxy) is 1. The number of hydrogen-bond donors (Lipinski definition) is 2. The zero-order valence-electron chi connectivity index (χ0n) is 14.6. The Morgan fingerprint density at radius 1 is 1.38 bits per heavy atom. The van der Waals surface area contributed by atoms with Crippen molar-refractivity contribution in [2.45, 2.75) is 51.4 Å². The van der Waals surface area contributed by atoms with Gasteiger partial charge in [0.1, 0.15) is 5.60 Å². The molecule has 2 amide bonds. The number of carbonyl (C=O) groups is 2. The summed E-state index contributed by atoms with van der Waals surface area (Å²) in [7, 11) is 1.52. The molecule has 9 heteroatoms. The smallest absolute Gasteiger partial charge is 0.410 e. The average Bonchev–Trinajstić information content (AvgIpc) is 2.93. The van der Waals surface area contributed by atoms with Gasteiger partial charge in [-0.3, -0.25) is 4.79 Å². The van der Waals surface area contributed by atoms with Crippen LogP contribution in [0.2, 0.25) is 0 Å². The van der Waals surface area contributed by atoms with Crippen LogP contribution < -0.4 is 5.32 Å². The van der Waals surface area contributed by atoms with Gasteiger partial charge >= 0.3 is 6.09 Å². The molecule has 0 aromatic carbocycles. The van der Waals surface area contributed by atoms with Crippen LogP contribution in [-0.2, 0) is 11.3 Å². The zero-order chi connectivity index (χ0) is 18.0. The molecule has 2 N–H and O–H groups in total. The molecule has 1 aromatic rings. The minimum atomic E-state index is -0.994. The summed E-state index contributed by atoms with van der Waals surface area (Å²) >= 11 is 0. The maximum Gasteiger partial charge on any atom is 0.410 e. The van der Waals surface area contributed by atoms with Crippen LogP contribution in [0.5, 0.6) is 0 Å². The van der Waals surface area contributed by atoms with Gasteiger partial charge in [-0.15, -0.1) is 5.10 Å². The molecule has 0 bridgehead atoms. The second kappa shape index (κ2) is 6.76. The van der Waals surface area contributed by atoms with Gasteiger partial charge in [0.15, 0.2) is 5.69 Å². The maximum absolute atomic E-state index is 12.0. The standard InChI is InChI=1S/C15H25N5O4/c1-14(2,3)24-13(22)19-7-5-15(23,6-8-19)10-20-9-11(17-18-20)12(21)16-4/h9,23H,5-8,10H2,1-4H3,(H,16,21). The number of carbonyl (C=O) groups excluding carboxylic acids is 2. The fourth-order valence-electron chi connectivity index (χ4n) is 2.50. The third-order valence-corrected chi connectivity index (χ3v) is 3.80. The fourth-order valence-corrected chi connectivity index (χ4v) is 2.50. The monoisotopic (exact) mass is 339 g/mol. The van der Waals surface area contributed by atoms with Crippen LogP contribution in [0.4, 0.5) is 4.79 Å². The highest BCUT2D eigenvalue weighted by atomic mass is 16.6. The van der Waals surface area contributed by atoms with Gasteiger partial charge in [0.25, 0.3) is 5.91 Å². The number of likely N-dealkylation sites (tertiary alicyclic amines) is 1. The van der Waals surface area contributed by atoms with E-state index in [9.17, 15) is 14.7 Å². The summed E-state index contributed by atoms with van der Waals surface area (Å²) in [6, 6.07) is 0. The van der Waals surface area contributed by atoms with Crippen molar-refractivity contribution in [2.75, 3.05) is 20.1 Å². The van der Waals surface area contributed by atoms with E-state index in [-0.39, 0.29) is 24.2 Å². The topological polar surface area (TPSA) is 110 Å². The van der Waals surface area contributed by atoms with E-state index in [1.807, 2.05) is 20.8 Å². The molecule has 1 saturated heterocycles. The van der Waals surface area contributed by atoms with Gasteiger partial charge < -0.3 is 20.1 Å². The minimum absolute atomic E-state index is 0.201. The van der Waals surface area contributed by atoms with Gasteiger partial charge in [-0.05, 0) is 33.6 Å². The Bertz CT molecular complexity index is 599. The Kier molecular flexibility index (Phi) is 5.12. The number of nitrogens with zero attached hydrogens (tertiary/aromatic N) is 4. The molecular formula is C15H25N5O4. The lowest BCUT2D eigenvalue weighted by Crippen LogP contribution is -2.49. The molecule has 1 aliphatic rings. The number of rotatable bonds is 3. The summed E-state index contributed by atoms with van der Waals surface area (Å²) in [6.07, 6.45) is 1.94. The van der Waals surface area contributed by atoms with Gasteiger partial charge in [-0.1, -0.05) is 5.21 Å². The van der Waals surface area contributed by atoms with E-state index in [1.165, 1.54) is 17.9 Å². The zero-order valence-corrected chi connectivity index (χ0v) is 14.6. The molecule has 0 unspecified atom stereocenters. The fraction of sp³-hybridized carbons (Fsp3) is 0.733. The van der Waals surface area contributed by atoms with Gasteiger partial charge in [0, 0.05) is 20.1 Å². The number of aliphatic hydroxyl groups is 1. The lowest BCUT2D eigenvalue weighted by Gasteiger charge is -2.38. The summed E-state index contributed by atoms with van der Waals surface area (Å²) in [5.41, 5.74) is -1.33. The van der Waals surface area contributed by atoms with E-state index >= 15 is 0 Å². The average molecular weight is 339 g/mol. The summed E-state index contributed by atoms with van der Waals surface area (Å²) in [5.74, 6) is -0.326. The maximum atomic E-state index is 12.0. The lowest BCUT2D eigenvalue weighted by molar-refractivity contribution is -0.0434. The number of hydrogen-bond acceptors (Lipinski definition) is 6. The van der Waals surface area contributed by atoms with Gasteiger partial charge in [-0.2, -0.15) is 0 Å². The Morgan fingerprint density at radius 3 is 2.54 bits per heavy atom. The highest BCUT2D eigenvalue weighted by molar-refractivity contribution is 5.91. The van der Waals surface area contributed by atoms with E-state index in [2.05, 4.69) is 15.6 Å². The molecule has 0 aliphatic carbocycles. The first-order valence-corrected chi connectivity index (χ1v) is 7.94. The van der Waals surface area contributed by atoms with Crippen LogP contribution in [0.15, 0.2) is 6.20 Å². The number of aromatic nitrogens is 3. The van der Waals surface area contributed by atoms with Crippen molar-refractivity contribution in [1.29, 1.82) is 0 Å². The molecule has 1 aliphatic heterocycles. The molecule has 1 fully saturated rings. The van der Waals surface area contributed by atoms with Crippen molar-refractivity contribution in [3.05, 3.63) is 11.9 Å². The molecule has 1 aromatic heterocycles. The number of nitrogens with one attached hydrogen (secondary N) is 1. The Balaban J connectivity index is 1.91. The molecule has 0 spiro atoms. The molecule has 2 heterocycles. The summed E-state index contributed by atoms with van der Waals surface area (Å²) in [4.78, 5) is 25.1. The largest absolute Gasteiger partial charge is 0.444 e. The predicted octanol–water partition coefficient (Wildman–Crippen LogP) is 0.400. The van der Waals surface area contributed by atoms with E-state index in [4.69, 9.17) is 4.74 Å². The van der Waals surface area contributed by atoms with E-state index < -0.39 is 11.2 Å². The third-order valence-electron chi connectivity index (χ3n) is 3.80. The first kappa shape index (κ1) is 18.2. The van der Waals surface area contributed by atoms with Crippen LogP contribution in [0.1, 0.15) is 44.1 Å². The van der Waals surface area contributed by atoms with E-state index in [0.29, 0.717) is 25.9 Å². The van der Waals surface area contributed by atoms with E-state index in [1.54, 1.807) is 4.90 Å². The van der Waals surface area contributed by atoms with Gasteiger partial charge in [0.05, 0.1) is 18.3 Å². The second-order valence-corrected chi connectivity index (χ2v) is 7.07. The molecule has 2 rings (SSSR count). The number of piperidine rings is 1. The van der Waals surface area contributed by atoms with Crippen molar-refractivity contribution in [3.8, 4) is 0 Å². The van der Waals surface area contributed by atoms with Crippen LogP contribution in [-0.4, -0.2) is 68.3 Å². The van der Waals surface area contributed by atoms with Crippen molar-refractivity contribution in [3.63, 3.8) is 0 Å². The highest BCUT2D eigenvalue weighted by Crippen LogP contribution is 2.25. The molecular weight excluding hydrogens is 314 g/mol. The Labute approximate surface area is 141 Å². The van der Waals surface area contributed by atoms with Crippen LogP contribution in [0, 0.1) is 0 Å². The molecule has 0 radical (unpaired) electrons. The van der Waals surface area contributed by atoms with Crippen LogP contribution in [0.25, 0.3) is 0 Å². The highest BCUT2D eigenvalue weighted by Gasteiger charge is 2.36. The third kappa shape index (κ3) is 4.67. The normalized spacial score (nSPS) is 17.5. The molecule has 0 saturated carbocycles.